The van der Waals surface area contributed by atoms with Gasteiger partial charge in [-0.2, -0.15) is 5.26 Å². The van der Waals surface area contributed by atoms with Crippen LogP contribution in [0.3, 0.4) is 0 Å². The molecule has 0 unspecified atom stereocenters. The first kappa shape index (κ1) is 16.0. The summed E-state index contributed by atoms with van der Waals surface area (Å²) in [6.07, 6.45) is 6.43. The Balaban J connectivity index is 1.77. The summed E-state index contributed by atoms with van der Waals surface area (Å²) < 4.78 is 0. The van der Waals surface area contributed by atoms with E-state index in [9.17, 15) is 20.0 Å². The molecule has 4 heteroatoms. The van der Waals surface area contributed by atoms with Gasteiger partial charge in [-0.15, -0.1) is 0 Å². The molecule has 24 heavy (non-hydrogen) atoms. The molecule has 0 amide bonds. The second kappa shape index (κ2) is 4.79. The molecule has 4 rings (SSSR count). The van der Waals surface area contributed by atoms with Crippen molar-refractivity contribution in [2.24, 2.45) is 28.6 Å². The van der Waals surface area contributed by atoms with E-state index in [1.165, 1.54) is 0 Å². The Bertz CT molecular complexity index is 704. The smallest absolute Gasteiger partial charge is 0.157 e. The maximum atomic E-state index is 13.2. The number of carbonyl (C=O) groups excluding carboxylic acids is 2. The van der Waals surface area contributed by atoms with Gasteiger partial charge >= 0.3 is 0 Å². The molecule has 0 aliphatic heterocycles. The summed E-state index contributed by atoms with van der Waals surface area (Å²) in [6.45, 7) is 4.11. The average Bonchev–Trinajstić information content (AvgIpc) is 2.79. The zero-order valence-corrected chi connectivity index (χ0v) is 14.5. The third kappa shape index (κ3) is 1.77. The number of ketones is 2. The van der Waals surface area contributed by atoms with E-state index in [0.717, 1.165) is 31.3 Å². The van der Waals surface area contributed by atoms with Crippen LogP contribution < -0.4 is 0 Å². The minimum absolute atomic E-state index is 0.0512. The van der Waals surface area contributed by atoms with Crippen LogP contribution >= 0.6 is 0 Å². The fourth-order valence-corrected chi connectivity index (χ4v) is 6.57. The molecule has 0 heterocycles. The molecule has 6 atom stereocenters. The van der Waals surface area contributed by atoms with Gasteiger partial charge in [0.1, 0.15) is 5.78 Å². The van der Waals surface area contributed by atoms with Crippen LogP contribution in [0.5, 0.6) is 0 Å². The first-order valence-electron chi connectivity index (χ1n) is 9.15. The van der Waals surface area contributed by atoms with E-state index in [1.54, 1.807) is 6.08 Å². The molecule has 4 nitrogen and oxygen atoms in total. The highest BCUT2D eigenvalue weighted by molar-refractivity contribution is 5.93. The van der Waals surface area contributed by atoms with E-state index in [4.69, 9.17) is 0 Å². The van der Waals surface area contributed by atoms with Gasteiger partial charge in [-0.05, 0) is 55.4 Å². The zero-order valence-electron chi connectivity index (χ0n) is 14.5. The van der Waals surface area contributed by atoms with Crippen molar-refractivity contribution in [3.05, 3.63) is 11.6 Å². The van der Waals surface area contributed by atoms with Crippen molar-refractivity contribution < 1.29 is 14.7 Å². The molecule has 0 saturated heterocycles. The molecule has 128 valence electrons. The molecule has 3 saturated carbocycles. The fourth-order valence-electron chi connectivity index (χ4n) is 6.57. The first-order valence-corrected chi connectivity index (χ1v) is 9.15. The number of aliphatic hydroxyl groups is 1. The van der Waals surface area contributed by atoms with E-state index in [0.29, 0.717) is 19.3 Å². The third-order valence-corrected chi connectivity index (χ3v) is 7.99. The Kier molecular flexibility index (Phi) is 3.20. The molecule has 4 aliphatic carbocycles. The minimum Gasteiger partial charge on any atom is -0.375 e. The highest BCUT2D eigenvalue weighted by atomic mass is 16.3. The van der Waals surface area contributed by atoms with Crippen molar-refractivity contribution in [1.29, 1.82) is 5.26 Å². The van der Waals surface area contributed by atoms with Gasteiger partial charge in [0.25, 0.3) is 0 Å². The normalized spacial score (nSPS) is 50.4. The third-order valence-electron chi connectivity index (χ3n) is 7.99. The Morgan fingerprint density at radius 2 is 1.96 bits per heavy atom. The molecule has 4 aliphatic rings. The van der Waals surface area contributed by atoms with Crippen LogP contribution in [-0.4, -0.2) is 22.3 Å². The molecule has 0 aromatic heterocycles. The maximum Gasteiger partial charge on any atom is 0.157 e. The lowest BCUT2D eigenvalue weighted by atomic mass is 9.46. The number of nitriles is 1. The minimum atomic E-state index is -1.38. The number of hydrogen-bond donors (Lipinski definition) is 1. The number of fused-ring (bicyclic) bond motifs is 5. The largest absolute Gasteiger partial charge is 0.375 e. The number of hydrogen-bond acceptors (Lipinski definition) is 4. The second-order valence-corrected chi connectivity index (χ2v) is 8.91. The Morgan fingerprint density at radius 3 is 2.67 bits per heavy atom. The van der Waals surface area contributed by atoms with Crippen molar-refractivity contribution in [2.45, 2.75) is 64.4 Å². The van der Waals surface area contributed by atoms with Crippen molar-refractivity contribution in [3.8, 4) is 6.07 Å². The van der Waals surface area contributed by atoms with Crippen LogP contribution in [0.2, 0.25) is 0 Å². The Labute approximate surface area is 142 Å². The highest BCUT2D eigenvalue weighted by Gasteiger charge is 2.66. The van der Waals surface area contributed by atoms with Gasteiger partial charge in [0.2, 0.25) is 0 Å². The summed E-state index contributed by atoms with van der Waals surface area (Å²) in [7, 11) is 0. The van der Waals surface area contributed by atoms with Gasteiger partial charge in [-0.3, -0.25) is 9.59 Å². The van der Waals surface area contributed by atoms with Gasteiger partial charge < -0.3 is 5.11 Å². The van der Waals surface area contributed by atoms with Crippen LogP contribution in [0.15, 0.2) is 11.6 Å². The van der Waals surface area contributed by atoms with Gasteiger partial charge in [0.15, 0.2) is 11.4 Å². The van der Waals surface area contributed by atoms with E-state index >= 15 is 0 Å². The fraction of sp³-hybridized carbons (Fsp3) is 0.750. The van der Waals surface area contributed by atoms with Crippen LogP contribution in [-0.2, 0) is 9.59 Å². The summed E-state index contributed by atoms with van der Waals surface area (Å²) in [4.78, 5) is 25.0. The summed E-state index contributed by atoms with van der Waals surface area (Å²) >= 11 is 0. The first-order chi connectivity index (χ1) is 11.2. The lowest BCUT2D eigenvalue weighted by molar-refractivity contribution is -0.153. The SMILES string of the molecule is C[C@]12CCC(=O)C=C1CC[C@@H]1[C@@H]2C(=O)C[C@@]2(C)[C@H]1CC[C@]2(O)C#N. The molecule has 0 aromatic rings. The molecular formula is C20H25NO3. The molecule has 0 spiro atoms. The number of nitrogens with zero attached hydrogens (tertiary/aromatic N) is 1. The lowest BCUT2D eigenvalue weighted by Crippen LogP contribution is -2.58. The summed E-state index contributed by atoms with van der Waals surface area (Å²) in [5.74, 6) is 0.782. The summed E-state index contributed by atoms with van der Waals surface area (Å²) in [5.41, 5.74) is -1.05. The van der Waals surface area contributed by atoms with Crippen LogP contribution in [0.25, 0.3) is 0 Å². The van der Waals surface area contributed by atoms with E-state index in [2.05, 4.69) is 13.0 Å². The standard InChI is InChI=1S/C20H25NO3/c1-18-7-5-13(22)9-12(18)3-4-14-15-6-8-20(24,11-21)19(15,2)10-16(23)17(14)18/h9,14-15,17,24H,3-8,10H2,1-2H3/t14-,15-,17+,18-,19-,20-/m0/s1. The predicted molar refractivity (Wildman–Crippen MR) is 87.7 cm³/mol. The highest BCUT2D eigenvalue weighted by Crippen LogP contribution is 2.66. The van der Waals surface area contributed by atoms with Gasteiger partial charge in [0.05, 0.1) is 6.07 Å². The molecule has 0 bridgehead atoms. The topological polar surface area (TPSA) is 78.2 Å². The molecular weight excluding hydrogens is 302 g/mol. The predicted octanol–water partition coefficient (Wildman–Crippen LogP) is 2.95. The van der Waals surface area contributed by atoms with Crippen molar-refractivity contribution in [1.82, 2.24) is 0 Å². The monoisotopic (exact) mass is 327 g/mol. The van der Waals surface area contributed by atoms with E-state index in [1.807, 2.05) is 6.92 Å². The average molecular weight is 327 g/mol. The number of carbonyl (C=O) groups is 2. The summed E-state index contributed by atoms with van der Waals surface area (Å²) in [6, 6.07) is 2.12. The number of rotatable bonds is 0. The van der Waals surface area contributed by atoms with Gasteiger partial charge in [0, 0.05) is 24.2 Å². The number of allylic oxidation sites excluding steroid dienone is 1. The van der Waals surface area contributed by atoms with Crippen LogP contribution in [0.4, 0.5) is 0 Å². The lowest BCUT2D eigenvalue weighted by Gasteiger charge is -2.57. The van der Waals surface area contributed by atoms with Gasteiger partial charge in [-0.1, -0.05) is 19.4 Å². The zero-order chi connectivity index (χ0) is 17.3. The van der Waals surface area contributed by atoms with Crippen molar-refractivity contribution >= 4 is 11.6 Å². The van der Waals surface area contributed by atoms with E-state index < -0.39 is 11.0 Å². The molecule has 0 aromatic carbocycles. The molecule has 0 radical (unpaired) electrons. The van der Waals surface area contributed by atoms with Gasteiger partial charge in [-0.25, -0.2) is 0 Å². The van der Waals surface area contributed by atoms with Crippen molar-refractivity contribution in [3.63, 3.8) is 0 Å². The summed E-state index contributed by atoms with van der Waals surface area (Å²) in [5, 5.41) is 20.3. The van der Waals surface area contributed by atoms with Crippen molar-refractivity contribution in [2.75, 3.05) is 0 Å². The maximum absolute atomic E-state index is 13.2. The second-order valence-electron chi connectivity index (χ2n) is 8.91. The molecule has 1 N–H and O–H groups in total. The molecule has 3 fully saturated rings. The number of Topliss-reactive ketones (excluding diaryl/α,β-unsaturated/α-hetero) is 1. The van der Waals surface area contributed by atoms with Crippen LogP contribution in [0, 0.1) is 39.9 Å². The Morgan fingerprint density at radius 1 is 1.21 bits per heavy atom. The van der Waals surface area contributed by atoms with Crippen LogP contribution in [0.1, 0.15) is 58.8 Å². The Hall–Kier alpha value is -1.47. The van der Waals surface area contributed by atoms with E-state index in [-0.39, 0.29) is 34.7 Å². The quantitative estimate of drug-likeness (QED) is 0.694.